The molecule has 2 aromatic rings. The van der Waals surface area contributed by atoms with E-state index in [0.717, 1.165) is 24.0 Å². The van der Waals surface area contributed by atoms with Crippen LogP contribution in [-0.4, -0.2) is 18.0 Å². The van der Waals surface area contributed by atoms with E-state index in [1.165, 1.54) is 0 Å². The number of aryl methyl sites for hydroxylation is 1. The fraction of sp³-hybridized carbons (Fsp3) is 0.333. The van der Waals surface area contributed by atoms with Crippen LogP contribution in [0.1, 0.15) is 17.5 Å². The maximum absolute atomic E-state index is 6.34. The van der Waals surface area contributed by atoms with Crippen LogP contribution in [0.4, 0.5) is 0 Å². The van der Waals surface area contributed by atoms with E-state index >= 15 is 0 Å². The Bertz CT molecular complexity index is 771. The topological polar surface area (TPSA) is 18.5 Å². The van der Waals surface area contributed by atoms with E-state index in [2.05, 4.69) is 15.9 Å². The zero-order valence-corrected chi connectivity index (χ0v) is 17.7. The summed E-state index contributed by atoms with van der Waals surface area (Å²) in [5.41, 5.74) is 1.80. The van der Waals surface area contributed by atoms with E-state index in [0.29, 0.717) is 32.0 Å². The highest BCUT2D eigenvalue weighted by Crippen LogP contribution is 2.41. The Kier molecular flexibility index (Phi) is 6.60. The molecule has 0 aromatic heterocycles. The van der Waals surface area contributed by atoms with Gasteiger partial charge in [-0.3, -0.25) is 0 Å². The van der Waals surface area contributed by atoms with E-state index in [4.69, 9.17) is 55.9 Å². The quantitative estimate of drug-likeness (QED) is 0.430. The molecular weight excluding hydrogens is 470 g/mol. The molecule has 0 bridgehead atoms. The van der Waals surface area contributed by atoms with E-state index in [9.17, 15) is 0 Å². The minimum atomic E-state index is -0.907. The summed E-state index contributed by atoms with van der Waals surface area (Å²) in [6.07, 6.45) is 1.49. The standard InChI is InChI=1S/C18H15BrCl4O2/c19-10-18(15-6-4-13(21)8-17(15)23)24-9-14(25-18)5-2-11-1-3-12(20)7-16(11)22/h1,3-4,6-8,14H,2,5,9-10H2. The van der Waals surface area contributed by atoms with Gasteiger partial charge in [0, 0.05) is 20.6 Å². The Labute approximate surface area is 175 Å². The zero-order chi connectivity index (χ0) is 18.0. The second-order valence-electron chi connectivity index (χ2n) is 5.84. The van der Waals surface area contributed by atoms with Gasteiger partial charge in [0.15, 0.2) is 0 Å². The van der Waals surface area contributed by atoms with Crippen LogP contribution in [-0.2, 0) is 21.7 Å². The zero-order valence-electron chi connectivity index (χ0n) is 13.1. The number of hydrogen-bond donors (Lipinski definition) is 0. The van der Waals surface area contributed by atoms with Crippen LogP contribution in [0.3, 0.4) is 0 Å². The van der Waals surface area contributed by atoms with Gasteiger partial charge in [-0.25, -0.2) is 0 Å². The van der Waals surface area contributed by atoms with Crippen molar-refractivity contribution in [3.63, 3.8) is 0 Å². The number of benzene rings is 2. The highest BCUT2D eigenvalue weighted by Gasteiger charge is 2.43. The van der Waals surface area contributed by atoms with Crippen molar-refractivity contribution < 1.29 is 9.47 Å². The van der Waals surface area contributed by atoms with Crippen LogP contribution in [0.25, 0.3) is 0 Å². The SMILES string of the molecule is Clc1ccc(CCC2COC(CBr)(c3ccc(Cl)cc3Cl)O2)c(Cl)c1. The molecule has 3 rings (SSSR count). The number of ether oxygens (including phenoxy) is 2. The average molecular weight is 485 g/mol. The normalized spacial score (nSPS) is 23.2. The Morgan fingerprint density at radius 1 is 1.00 bits per heavy atom. The molecule has 0 amide bonds. The highest BCUT2D eigenvalue weighted by atomic mass is 79.9. The summed E-state index contributed by atoms with van der Waals surface area (Å²) in [6, 6.07) is 10.8. The Hall–Kier alpha value is -0.000000000000000139. The monoisotopic (exact) mass is 482 g/mol. The first kappa shape index (κ1) is 19.8. The van der Waals surface area contributed by atoms with Gasteiger partial charge in [-0.15, -0.1) is 0 Å². The van der Waals surface area contributed by atoms with Crippen molar-refractivity contribution in [2.24, 2.45) is 0 Å². The summed E-state index contributed by atoms with van der Waals surface area (Å²) < 4.78 is 12.2. The Balaban J connectivity index is 1.70. The molecule has 2 aromatic carbocycles. The molecule has 7 heteroatoms. The molecule has 2 atom stereocenters. The lowest BCUT2D eigenvalue weighted by molar-refractivity contribution is -0.157. The van der Waals surface area contributed by atoms with Crippen molar-refractivity contribution in [3.05, 3.63) is 67.6 Å². The number of rotatable bonds is 5. The van der Waals surface area contributed by atoms with Crippen molar-refractivity contribution in [1.82, 2.24) is 0 Å². The molecule has 2 unspecified atom stereocenters. The molecule has 134 valence electrons. The fourth-order valence-electron chi connectivity index (χ4n) is 2.83. The fourth-order valence-corrected chi connectivity index (χ4v) is 4.48. The molecule has 0 N–H and O–H groups in total. The van der Waals surface area contributed by atoms with Crippen LogP contribution >= 0.6 is 62.3 Å². The van der Waals surface area contributed by atoms with Crippen molar-refractivity contribution in [3.8, 4) is 0 Å². The second-order valence-corrected chi connectivity index (χ2v) is 8.08. The van der Waals surface area contributed by atoms with E-state index in [-0.39, 0.29) is 6.10 Å². The summed E-state index contributed by atoms with van der Waals surface area (Å²) in [5, 5.41) is 2.86. The van der Waals surface area contributed by atoms with Gasteiger partial charge < -0.3 is 9.47 Å². The molecule has 0 spiro atoms. The van der Waals surface area contributed by atoms with Crippen molar-refractivity contribution in [2.45, 2.75) is 24.7 Å². The molecule has 1 fully saturated rings. The minimum Gasteiger partial charge on any atom is -0.342 e. The molecule has 0 aliphatic carbocycles. The van der Waals surface area contributed by atoms with Crippen LogP contribution in [0.15, 0.2) is 36.4 Å². The van der Waals surface area contributed by atoms with Crippen molar-refractivity contribution >= 4 is 62.3 Å². The molecule has 1 saturated heterocycles. The number of halogens is 5. The molecule has 0 saturated carbocycles. The molecule has 1 aliphatic heterocycles. The predicted molar refractivity (Wildman–Crippen MR) is 108 cm³/mol. The lowest BCUT2D eigenvalue weighted by atomic mass is 10.1. The lowest BCUT2D eigenvalue weighted by Gasteiger charge is -2.27. The molecule has 25 heavy (non-hydrogen) atoms. The van der Waals surface area contributed by atoms with E-state index < -0.39 is 5.79 Å². The van der Waals surface area contributed by atoms with Crippen LogP contribution in [0.5, 0.6) is 0 Å². The van der Waals surface area contributed by atoms with E-state index in [1.54, 1.807) is 18.2 Å². The lowest BCUT2D eigenvalue weighted by Crippen LogP contribution is -2.30. The third-order valence-corrected chi connectivity index (χ3v) is 6.00. The molecule has 1 aliphatic rings. The minimum absolute atomic E-state index is 0.0592. The van der Waals surface area contributed by atoms with Crippen LogP contribution < -0.4 is 0 Å². The summed E-state index contributed by atoms with van der Waals surface area (Å²) in [5.74, 6) is -0.907. The van der Waals surface area contributed by atoms with Gasteiger partial charge in [-0.05, 0) is 42.7 Å². The first-order chi connectivity index (χ1) is 11.9. The van der Waals surface area contributed by atoms with Crippen molar-refractivity contribution in [2.75, 3.05) is 11.9 Å². The van der Waals surface area contributed by atoms with Gasteiger partial charge in [0.1, 0.15) is 0 Å². The summed E-state index contributed by atoms with van der Waals surface area (Å²) in [4.78, 5) is 0. The average Bonchev–Trinajstić information content (AvgIpc) is 2.98. The third kappa shape index (κ3) is 4.47. The summed E-state index contributed by atoms with van der Waals surface area (Å²) >= 11 is 28.0. The van der Waals surface area contributed by atoms with Gasteiger partial charge in [0.25, 0.3) is 0 Å². The Morgan fingerprint density at radius 3 is 2.32 bits per heavy atom. The Morgan fingerprint density at radius 2 is 1.68 bits per heavy atom. The smallest absolute Gasteiger partial charge is 0.206 e. The van der Waals surface area contributed by atoms with Gasteiger partial charge in [0.2, 0.25) is 5.79 Å². The van der Waals surface area contributed by atoms with E-state index in [1.807, 2.05) is 18.2 Å². The number of hydrogen-bond acceptors (Lipinski definition) is 2. The van der Waals surface area contributed by atoms with Crippen molar-refractivity contribution in [1.29, 1.82) is 0 Å². The predicted octanol–water partition coefficient (Wildman–Crippen LogP) is 6.90. The maximum Gasteiger partial charge on any atom is 0.206 e. The molecule has 1 heterocycles. The highest BCUT2D eigenvalue weighted by molar-refractivity contribution is 9.09. The van der Waals surface area contributed by atoms with Crippen LogP contribution in [0, 0.1) is 0 Å². The second kappa shape index (κ2) is 8.35. The first-order valence-corrected chi connectivity index (χ1v) is 10.3. The summed E-state index contributed by atoms with van der Waals surface area (Å²) in [6.45, 7) is 0.482. The molecule has 0 radical (unpaired) electrons. The third-order valence-electron chi connectivity index (χ3n) is 4.13. The number of alkyl halides is 1. The maximum atomic E-state index is 6.34. The van der Waals surface area contributed by atoms with Gasteiger partial charge >= 0.3 is 0 Å². The van der Waals surface area contributed by atoms with Gasteiger partial charge in [-0.2, -0.15) is 0 Å². The largest absolute Gasteiger partial charge is 0.342 e. The van der Waals surface area contributed by atoms with Crippen LogP contribution in [0.2, 0.25) is 20.1 Å². The van der Waals surface area contributed by atoms with Gasteiger partial charge in [0.05, 0.1) is 23.1 Å². The molecule has 2 nitrogen and oxygen atoms in total. The molecular formula is C18H15BrCl4O2. The first-order valence-electron chi connectivity index (χ1n) is 7.71. The summed E-state index contributed by atoms with van der Waals surface area (Å²) in [7, 11) is 0. The van der Waals surface area contributed by atoms with Gasteiger partial charge in [-0.1, -0.05) is 74.5 Å².